The molecule has 1 aromatic carbocycles. The molecule has 0 saturated heterocycles. The van der Waals surface area contributed by atoms with Crippen molar-refractivity contribution >= 4 is 9.84 Å². The minimum atomic E-state index is -2.94. The van der Waals surface area contributed by atoms with E-state index < -0.39 is 9.84 Å². The Morgan fingerprint density at radius 2 is 1.89 bits per heavy atom. The Morgan fingerprint density at radius 3 is 2.47 bits per heavy atom. The first-order valence-corrected chi connectivity index (χ1v) is 8.40. The number of rotatable bonds is 8. The number of nitrogens with zero attached hydrogens (tertiary/aromatic N) is 1. The van der Waals surface area contributed by atoms with E-state index in [4.69, 9.17) is 4.74 Å². The Hall–Kier alpha value is -1.07. The zero-order valence-electron chi connectivity index (χ0n) is 11.9. The van der Waals surface area contributed by atoms with Crippen molar-refractivity contribution in [1.82, 2.24) is 4.90 Å². The molecule has 19 heavy (non-hydrogen) atoms. The molecule has 0 saturated carbocycles. The summed E-state index contributed by atoms with van der Waals surface area (Å²) in [6.45, 7) is 3.77. The van der Waals surface area contributed by atoms with Gasteiger partial charge in [-0.1, -0.05) is 18.2 Å². The molecule has 0 aliphatic rings. The number of hydrogen-bond donors (Lipinski definition) is 0. The predicted molar refractivity (Wildman–Crippen MR) is 78.4 cm³/mol. The lowest BCUT2D eigenvalue weighted by Crippen LogP contribution is -2.33. The van der Waals surface area contributed by atoms with Gasteiger partial charge in [0.25, 0.3) is 0 Å². The van der Waals surface area contributed by atoms with Crippen LogP contribution in [0.3, 0.4) is 0 Å². The van der Waals surface area contributed by atoms with Gasteiger partial charge < -0.3 is 9.64 Å². The zero-order valence-corrected chi connectivity index (χ0v) is 12.7. The number of ether oxygens (including phenoxy) is 1. The average Bonchev–Trinajstić information content (AvgIpc) is 2.35. The summed E-state index contributed by atoms with van der Waals surface area (Å²) in [7, 11) is -1.01. The van der Waals surface area contributed by atoms with Gasteiger partial charge in [-0.25, -0.2) is 8.42 Å². The van der Waals surface area contributed by atoms with Crippen LogP contribution in [-0.2, 0) is 9.84 Å². The summed E-state index contributed by atoms with van der Waals surface area (Å²) in [5.41, 5.74) is 0. The van der Waals surface area contributed by atoms with Crippen LogP contribution in [0.15, 0.2) is 30.3 Å². The topological polar surface area (TPSA) is 46.6 Å². The average molecular weight is 285 g/mol. The summed E-state index contributed by atoms with van der Waals surface area (Å²) in [6.07, 6.45) is 2.16. The fraction of sp³-hybridized carbons (Fsp3) is 0.571. The molecule has 108 valence electrons. The van der Waals surface area contributed by atoms with E-state index in [-0.39, 0.29) is 5.25 Å². The van der Waals surface area contributed by atoms with Crippen LogP contribution in [-0.4, -0.2) is 51.6 Å². The summed E-state index contributed by atoms with van der Waals surface area (Å²) in [6, 6.07) is 9.68. The zero-order chi connectivity index (χ0) is 14.3. The minimum absolute atomic E-state index is 0.326. The quantitative estimate of drug-likeness (QED) is 0.684. The van der Waals surface area contributed by atoms with E-state index in [0.717, 1.165) is 18.7 Å². The Bertz CT molecular complexity index is 459. The van der Waals surface area contributed by atoms with Crippen molar-refractivity contribution in [3.05, 3.63) is 30.3 Å². The summed E-state index contributed by atoms with van der Waals surface area (Å²) in [4.78, 5) is 2.03. The summed E-state index contributed by atoms with van der Waals surface area (Å²) >= 11 is 0. The Labute approximate surface area is 116 Å². The molecule has 0 heterocycles. The molecule has 0 fully saturated rings. The summed E-state index contributed by atoms with van der Waals surface area (Å²) in [5.74, 6) is 0.870. The first-order chi connectivity index (χ1) is 8.89. The largest absolute Gasteiger partial charge is 0.494 e. The monoisotopic (exact) mass is 285 g/mol. The van der Waals surface area contributed by atoms with Gasteiger partial charge in [-0.15, -0.1) is 0 Å². The molecule has 1 atom stereocenters. The van der Waals surface area contributed by atoms with E-state index in [1.165, 1.54) is 6.26 Å². The van der Waals surface area contributed by atoms with E-state index >= 15 is 0 Å². The second kappa shape index (κ2) is 7.50. The second-order valence-electron chi connectivity index (χ2n) is 4.92. The van der Waals surface area contributed by atoms with Crippen molar-refractivity contribution < 1.29 is 13.2 Å². The molecule has 0 aliphatic heterocycles. The van der Waals surface area contributed by atoms with E-state index in [1.54, 1.807) is 6.92 Å². The van der Waals surface area contributed by atoms with Crippen molar-refractivity contribution in [2.75, 3.05) is 33.0 Å². The van der Waals surface area contributed by atoms with E-state index in [9.17, 15) is 8.42 Å². The fourth-order valence-corrected chi connectivity index (χ4v) is 2.23. The first kappa shape index (κ1) is 16.0. The number of sulfone groups is 1. The molecule has 5 heteroatoms. The van der Waals surface area contributed by atoms with Crippen molar-refractivity contribution in [3.8, 4) is 5.75 Å². The van der Waals surface area contributed by atoms with Gasteiger partial charge in [-0.2, -0.15) is 0 Å². The lowest BCUT2D eigenvalue weighted by Gasteiger charge is -2.20. The van der Waals surface area contributed by atoms with Gasteiger partial charge in [-0.3, -0.25) is 0 Å². The van der Waals surface area contributed by atoms with Crippen molar-refractivity contribution in [2.24, 2.45) is 0 Å². The molecule has 0 radical (unpaired) electrons. The smallest absolute Gasteiger partial charge is 0.151 e. The van der Waals surface area contributed by atoms with Crippen LogP contribution in [0.1, 0.15) is 13.3 Å². The fourth-order valence-electron chi connectivity index (χ4n) is 1.71. The van der Waals surface area contributed by atoms with Crippen LogP contribution in [0.4, 0.5) is 0 Å². The molecule has 0 aromatic heterocycles. The third kappa shape index (κ3) is 6.59. The molecule has 0 spiro atoms. The lowest BCUT2D eigenvalue weighted by molar-refractivity contribution is 0.263. The molecule has 1 aromatic rings. The molecule has 1 rings (SSSR count). The molecule has 0 amide bonds. The van der Waals surface area contributed by atoms with Crippen molar-refractivity contribution in [2.45, 2.75) is 18.6 Å². The summed E-state index contributed by atoms with van der Waals surface area (Å²) < 4.78 is 28.2. The molecule has 0 N–H and O–H groups in total. The van der Waals surface area contributed by atoms with E-state index in [1.807, 2.05) is 42.3 Å². The second-order valence-corrected chi connectivity index (χ2v) is 7.38. The Morgan fingerprint density at radius 1 is 1.26 bits per heavy atom. The number of benzene rings is 1. The van der Waals surface area contributed by atoms with Gasteiger partial charge in [0.15, 0.2) is 9.84 Å². The maximum Gasteiger partial charge on any atom is 0.151 e. The van der Waals surface area contributed by atoms with Gasteiger partial charge in [0.1, 0.15) is 5.75 Å². The van der Waals surface area contributed by atoms with E-state index in [0.29, 0.717) is 13.2 Å². The van der Waals surface area contributed by atoms with Crippen LogP contribution in [0, 0.1) is 0 Å². The van der Waals surface area contributed by atoms with Crippen LogP contribution >= 0.6 is 0 Å². The highest BCUT2D eigenvalue weighted by molar-refractivity contribution is 7.91. The number of hydrogen-bond acceptors (Lipinski definition) is 4. The molecular weight excluding hydrogens is 262 g/mol. The predicted octanol–water partition coefficient (Wildman–Crippen LogP) is 1.82. The maximum atomic E-state index is 11.3. The van der Waals surface area contributed by atoms with Crippen molar-refractivity contribution in [1.29, 1.82) is 0 Å². The molecule has 1 unspecified atom stereocenters. The first-order valence-electron chi connectivity index (χ1n) is 6.45. The van der Waals surface area contributed by atoms with Crippen molar-refractivity contribution in [3.63, 3.8) is 0 Å². The molecular formula is C14H23NO3S. The molecule has 4 nitrogen and oxygen atoms in total. The highest BCUT2D eigenvalue weighted by Crippen LogP contribution is 2.08. The third-order valence-electron chi connectivity index (χ3n) is 3.00. The normalized spacial score (nSPS) is 13.5. The standard InChI is InChI=1S/C14H23NO3S/c1-13(19(3,16)17)12-15(2)10-7-11-18-14-8-5-4-6-9-14/h4-6,8-9,13H,7,10-12H2,1-3H3. The van der Waals surface area contributed by atoms with Gasteiger partial charge >= 0.3 is 0 Å². The van der Waals surface area contributed by atoms with Gasteiger partial charge in [0.2, 0.25) is 0 Å². The van der Waals surface area contributed by atoms with Crippen LogP contribution in [0.25, 0.3) is 0 Å². The minimum Gasteiger partial charge on any atom is -0.494 e. The Balaban J connectivity index is 2.19. The van der Waals surface area contributed by atoms with Crippen LogP contribution in [0.2, 0.25) is 0 Å². The SMILES string of the molecule is CC(CN(C)CCCOc1ccccc1)S(C)(=O)=O. The lowest BCUT2D eigenvalue weighted by atomic mass is 10.3. The Kier molecular flexibility index (Phi) is 6.31. The van der Waals surface area contributed by atoms with Gasteiger partial charge in [-0.05, 0) is 32.5 Å². The van der Waals surface area contributed by atoms with Crippen LogP contribution < -0.4 is 4.74 Å². The third-order valence-corrected chi connectivity index (χ3v) is 4.61. The van der Waals surface area contributed by atoms with Gasteiger partial charge in [0.05, 0.1) is 11.9 Å². The van der Waals surface area contributed by atoms with Gasteiger partial charge in [0, 0.05) is 19.3 Å². The maximum absolute atomic E-state index is 11.3. The van der Waals surface area contributed by atoms with Crippen LogP contribution in [0.5, 0.6) is 5.75 Å². The molecule has 0 aliphatic carbocycles. The van der Waals surface area contributed by atoms with E-state index in [2.05, 4.69) is 0 Å². The number of para-hydroxylation sites is 1. The molecule has 0 bridgehead atoms. The highest BCUT2D eigenvalue weighted by atomic mass is 32.2. The summed E-state index contributed by atoms with van der Waals surface area (Å²) in [5, 5.41) is -0.326. The highest BCUT2D eigenvalue weighted by Gasteiger charge is 2.16.